The molecule has 0 radical (unpaired) electrons. The summed E-state index contributed by atoms with van der Waals surface area (Å²) < 4.78 is 17.2. The molecular weight excluding hydrogens is 478 g/mol. The summed E-state index contributed by atoms with van der Waals surface area (Å²) >= 11 is 0. The Bertz CT molecular complexity index is 1410. The molecule has 1 N–H and O–H groups in total. The molecule has 0 unspecified atom stereocenters. The minimum atomic E-state index is 0. The van der Waals surface area contributed by atoms with E-state index in [4.69, 9.17) is 19.0 Å². The molecule has 7 nitrogen and oxygen atoms in total. The molecule has 5 rings (SSSR count). The van der Waals surface area contributed by atoms with Gasteiger partial charge in [-0.15, -0.1) is 12.4 Å². The molecule has 1 aromatic heterocycles. The van der Waals surface area contributed by atoms with Crippen molar-refractivity contribution in [3.8, 4) is 34.3 Å². The molecule has 1 aliphatic carbocycles. The average molecular weight is 508 g/mol. The number of nitrogens with one attached hydrogen (secondary N) is 1. The summed E-state index contributed by atoms with van der Waals surface area (Å²) in [7, 11) is 7.33. The van der Waals surface area contributed by atoms with Gasteiger partial charge in [0.05, 0.1) is 19.9 Å². The van der Waals surface area contributed by atoms with E-state index in [-0.39, 0.29) is 12.4 Å². The quantitative estimate of drug-likeness (QED) is 0.274. The maximum atomic E-state index is 6.01. The summed E-state index contributed by atoms with van der Waals surface area (Å²) in [4.78, 5) is 11.5. The maximum absolute atomic E-state index is 6.01. The van der Waals surface area contributed by atoms with E-state index in [0.717, 1.165) is 56.9 Å². The molecule has 8 heteroatoms. The highest BCUT2D eigenvalue weighted by Gasteiger charge is 2.32. The van der Waals surface area contributed by atoms with Crippen LogP contribution in [0.1, 0.15) is 16.7 Å². The van der Waals surface area contributed by atoms with Crippen molar-refractivity contribution in [3.05, 3.63) is 71.3 Å². The third-order valence-electron chi connectivity index (χ3n) is 6.13. The lowest BCUT2D eigenvalue weighted by molar-refractivity contribution is 0.261. The third kappa shape index (κ3) is 4.72. The number of aryl methyl sites for hydroxylation is 1. The number of H-pyrrole nitrogens is 1. The third-order valence-corrected chi connectivity index (χ3v) is 6.13. The molecule has 0 bridgehead atoms. The fourth-order valence-electron chi connectivity index (χ4n) is 4.26. The van der Waals surface area contributed by atoms with Gasteiger partial charge in [0.15, 0.2) is 17.2 Å². The molecule has 0 fully saturated rings. The summed E-state index contributed by atoms with van der Waals surface area (Å²) in [6, 6.07) is 17.8. The van der Waals surface area contributed by atoms with Gasteiger partial charge in [0.25, 0.3) is 0 Å². The second-order valence-corrected chi connectivity index (χ2v) is 8.83. The van der Waals surface area contributed by atoms with Crippen molar-refractivity contribution in [3.63, 3.8) is 0 Å². The van der Waals surface area contributed by atoms with Crippen LogP contribution >= 0.6 is 12.4 Å². The molecule has 4 aromatic rings. The number of hydrogen-bond donors (Lipinski definition) is 1. The van der Waals surface area contributed by atoms with Crippen LogP contribution in [0.25, 0.3) is 22.2 Å². The van der Waals surface area contributed by atoms with Gasteiger partial charge in [0, 0.05) is 34.1 Å². The van der Waals surface area contributed by atoms with Crippen molar-refractivity contribution in [1.82, 2.24) is 9.88 Å². The summed E-state index contributed by atoms with van der Waals surface area (Å²) in [5.74, 6) is 2.78. The van der Waals surface area contributed by atoms with E-state index in [1.54, 1.807) is 14.2 Å². The smallest absolute Gasteiger partial charge is 0.161 e. The van der Waals surface area contributed by atoms with Crippen molar-refractivity contribution in [2.75, 3.05) is 41.5 Å². The second-order valence-electron chi connectivity index (χ2n) is 8.83. The SMILES string of the molecule is COc1cc2c(cc1OC)-c1[nH]c3ccc(OCCN(C)C)cc3c1C2=NOc1ccc(C)cc1.Cl. The van der Waals surface area contributed by atoms with Crippen LogP contribution in [-0.4, -0.2) is 57.1 Å². The number of nitrogens with zero attached hydrogens (tertiary/aromatic N) is 2. The Morgan fingerprint density at radius 1 is 0.861 bits per heavy atom. The summed E-state index contributed by atoms with van der Waals surface area (Å²) in [6.07, 6.45) is 0. The van der Waals surface area contributed by atoms with Gasteiger partial charge in [0.1, 0.15) is 18.1 Å². The predicted octanol–water partition coefficient (Wildman–Crippen LogP) is 5.67. The summed E-state index contributed by atoms with van der Waals surface area (Å²) in [5.41, 5.74) is 6.72. The lowest BCUT2D eigenvalue weighted by Crippen LogP contribution is -2.19. The number of ether oxygens (including phenoxy) is 3. The number of halogens is 1. The van der Waals surface area contributed by atoms with E-state index in [1.807, 2.05) is 69.6 Å². The molecule has 0 aliphatic heterocycles. The van der Waals surface area contributed by atoms with Crippen LogP contribution in [0.4, 0.5) is 0 Å². The Labute approximate surface area is 217 Å². The normalized spacial score (nSPS) is 12.9. The van der Waals surface area contributed by atoms with Crippen molar-refractivity contribution in [1.29, 1.82) is 0 Å². The zero-order valence-corrected chi connectivity index (χ0v) is 21.9. The van der Waals surface area contributed by atoms with Crippen LogP contribution in [-0.2, 0) is 0 Å². The van der Waals surface area contributed by atoms with E-state index < -0.39 is 0 Å². The molecule has 0 saturated carbocycles. The van der Waals surface area contributed by atoms with Gasteiger partial charge in [-0.25, -0.2) is 0 Å². The number of likely N-dealkylation sites (N-methyl/N-ethyl adjacent to an activating group) is 1. The summed E-state index contributed by atoms with van der Waals surface area (Å²) in [5, 5.41) is 5.64. The van der Waals surface area contributed by atoms with Gasteiger partial charge in [-0.2, -0.15) is 0 Å². The van der Waals surface area contributed by atoms with Crippen LogP contribution in [0.2, 0.25) is 0 Å². The maximum Gasteiger partial charge on any atom is 0.161 e. The Morgan fingerprint density at radius 2 is 1.53 bits per heavy atom. The van der Waals surface area contributed by atoms with Crippen LogP contribution in [0, 0.1) is 6.92 Å². The molecule has 0 saturated heterocycles. The lowest BCUT2D eigenvalue weighted by Gasteiger charge is -2.12. The number of hydrogen-bond acceptors (Lipinski definition) is 6. The van der Waals surface area contributed by atoms with E-state index >= 15 is 0 Å². The van der Waals surface area contributed by atoms with E-state index in [0.29, 0.717) is 23.9 Å². The molecule has 3 aromatic carbocycles. The highest BCUT2D eigenvalue weighted by Crippen LogP contribution is 2.46. The van der Waals surface area contributed by atoms with Crippen molar-refractivity contribution < 1.29 is 19.0 Å². The van der Waals surface area contributed by atoms with Gasteiger partial charge in [-0.1, -0.05) is 22.9 Å². The second kappa shape index (κ2) is 10.5. The van der Waals surface area contributed by atoms with Crippen molar-refractivity contribution in [2.45, 2.75) is 6.92 Å². The van der Waals surface area contributed by atoms with Gasteiger partial charge in [-0.3, -0.25) is 0 Å². The molecule has 188 valence electrons. The van der Waals surface area contributed by atoms with Gasteiger partial charge < -0.3 is 28.9 Å². The van der Waals surface area contributed by atoms with Crippen LogP contribution in [0.5, 0.6) is 23.0 Å². The zero-order chi connectivity index (χ0) is 24.5. The largest absolute Gasteiger partial charge is 0.493 e. The molecule has 1 aliphatic rings. The number of fused-ring (bicyclic) bond motifs is 5. The zero-order valence-electron chi connectivity index (χ0n) is 21.0. The molecule has 36 heavy (non-hydrogen) atoms. The molecule has 0 atom stereocenters. The van der Waals surface area contributed by atoms with Gasteiger partial charge in [-0.05, 0) is 63.5 Å². The highest BCUT2D eigenvalue weighted by atomic mass is 35.5. The van der Waals surface area contributed by atoms with Gasteiger partial charge in [0.2, 0.25) is 0 Å². The first-order chi connectivity index (χ1) is 17.0. The van der Waals surface area contributed by atoms with Crippen LogP contribution in [0.3, 0.4) is 0 Å². The predicted molar refractivity (Wildman–Crippen MR) is 146 cm³/mol. The Balaban J connectivity index is 0.00000304. The van der Waals surface area contributed by atoms with E-state index in [9.17, 15) is 0 Å². The van der Waals surface area contributed by atoms with Crippen LogP contribution < -0.4 is 19.0 Å². The standard InChI is InChI=1S/C28H29N3O4.ClH/c1-17-6-8-18(9-7-17)35-30-28-21-16-25(33-5)24(32-4)15-20(21)27-26(28)22-14-19(10-11-23(22)29-27)34-13-12-31(2)3;/h6-11,14-16,29H,12-13H2,1-5H3;1H. The molecular formula is C28H30ClN3O4. The fourth-order valence-corrected chi connectivity index (χ4v) is 4.26. The first-order valence-corrected chi connectivity index (χ1v) is 11.5. The monoisotopic (exact) mass is 507 g/mol. The number of oxime groups is 1. The average Bonchev–Trinajstić information content (AvgIpc) is 3.36. The fraction of sp³-hybridized carbons (Fsp3) is 0.250. The number of aromatic nitrogens is 1. The van der Waals surface area contributed by atoms with Gasteiger partial charge >= 0.3 is 0 Å². The topological polar surface area (TPSA) is 68.3 Å². The summed E-state index contributed by atoms with van der Waals surface area (Å²) in [6.45, 7) is 3.49. The minimum Gasteiger partial charge on any atom is -0.493 e. The molecule has 1 heterocycles. The minimum absolute atomic E-state index is 0. The van der Waals surface area contributed by atoms with Crippen molar-refractivity contribution >= 4 is 29.0 Å². The lowest BCUT2D eigenvalue weighted by atomic mass is 10.1. The Hall–Kier alpha value is -3.68. The molecule has 0 spiro atoms. The van der Waals surface area contributed by atoms with Crippen molar-refractivity contribution in [2.24, 2.45) is 5.16 Å². The molecule has 0 amide bonds. The number of benzene rings is 3. The first kappa shape index (κ1) is 25.4. The first-order valence-electron chi connectivity index (χ1n) is 11.5. The number of rotatable bonds is 8. The number of aromatic amines is 1. The Kier molecular flexibility index (Phi) is 7.43. The van der Waals surface area contributed by atoms with E-state index in [1.165, 1.54) is 0 Å². The Morgan fingerprint density at radius 3 is 2.19 bits per heavy atom. The highest BCUT2D eigenvalue weighted by molar-refractivity contribution is 6.30. The van der Waals surface area contributed by atoms with E-state index in [2.05, 4.69) is 21.1 Å². The number of methoxy groups -OCH3 is 2. The van der Waals surface area contributed by atoms with Crippen LogP contribution in [0.15, 0.2) is 59.8 Å².